The zero-order chi connectivity index (χ0) is 13.4. The molecule has 0 aliphatic carbocycles. The predicted molar refractivity (Wildman–Crippen MR) is 69.1 cm³/mol. The highest BCUT2D eigenvalue weighted by molar-refractivity contribution is 5.81. The molecular formula is C13H22N2O3. The number of amides is 1. The average Bonchev–Trinajstić information content (AvgIpc) is 2.55. The van der Waals surface area contributed by atoms with Gasteiger partial charge in [-0.25, -0.2) is 4.79 Å². The van der Waals surface area contributed by atoms with Crippen LogP contribution in [0.3, 0.4) is 0 Å². The smallest absolute Gasteiger partial charge is 0.330 e. The second-order valence-corrected chi connectivity index (χ2v) is 4.31. The summed E-state index contributed by atoms with van der Waals surface area (Å²) in [6, 6.07) is 0. The molecule has 0 N–H and O–H groups in total. The topological polar surface area (TPSA) is 49.9 Å². The first kappa shape index (κ1) is 14.7. The van der Waals surface area contributed by atoms with E-state index >= 15 is 0 Å². The Morgan fingerprint density at radius 2 is 2.00 bits per heavy atom. The zero-order valence-electron chi connectivity index (χ0n) is 11.2. The number of carbonyl (C=O) groups excluding carboxylic acids is 2. The molecule has 0 aromatic heterocycles. The summed E-state index contributed by atoms with van der Waals surface area (Å²) >= 11 is 0. The van der Waals surface area contributed by atoms with Crippen LogP contribution in [-0.4, -0.2) is 61.0 Å². The van der Waals surface area contributed by atoms with Gasteiger partial charge in [0.25, 0.3) is 0 Å². The predicted octanol–water partition coefficient (Wildman–Crippen LogP) is 0.660. The van der Waals surface area contributed by atoms with Gasteiger partial charge in [0.1, 0.15) is 0 Å². The summed E-state index contributed by atoms with van der Waals surface area (Å²) in [5.41, 5.74) is 0. The van der Waals surface area contributed by atoms with Gasteiger partial charge in [0, 0.05) is 45.7 Å². The quantitative estimate of drug-likeness (QED) is 0.546. The van der Waals surface area contributed by atoms with Gasteiger partial charge >= 0.3 is 5.97 Å². The SMILES string of the molecule is CCOC(=O)/C=C/CN1CCCN(C(C)=O)CC1. The van der Waals surface area contributed by atoms with Gasteiger partial charge in [-0.05, 0) is 13.3 Å². The third kappa shape index (κ3) is 5.31. The van der Waals surface area contributed by atoms with Crippen LogP contribution in [0.1, 0.15) is 20.3 Å². The fraction of sp³-hybridized carbons (Fsp3) is 0.692. The summed E-state index contributed by atoms with van der Waals surface area (Å²) in [4.78, 5) is 26.5. The van der Waals surface area contributed by atoms with Crippen LogP contribution < -0.4 is 0 Å². The van der Waals surface area contributed by atoms with Gasteiger partial charge in [0.2, 0.25) is 5.91 Å². The molecular weight excluding hydrogens is 232 g/mol. The third-order valence-electron chi connectivity index (χ3n) is 2.94. The number of rotatable bonds is 4. The summed E-state index contributed by atoms with van der Waals surface area (Å²) < 4.78 is 4.81. The van der Waals surface area contributed by atoms with E-state index in [4.69, 9.17) is 4.74 Å². The molecule has 1 aliphatic heterocycles. The van der Waals surface area contributed by atoms with Gasteiger partial charge in [-0.3, -0.25) is 9.69 Å². The highest BCUT2D eigenvalue weighted by atomic mass is 16.5. The van der Waals surface area contributed by atoms with E-state index in [1.807, 2.05) is 11.0 Å². The Labute approximate surface area is 108 Å². The molecule has 1 aliphatic rings. The summed E-state index contributed by atoms with van der Waals surface area (Å²) in [5, 5.41) is 0. The van der Waals surface area contributed by atoms with Crippen LogP contribution in [0.25, 0.3) is 0 Å². The molecule has 0 saturated carbocycles. The van der Waals surface area contributed by atoms with Gasteiger partial charge in [0.05, 0.1) is 6.61 Å². The summed E-state index contributed by atoms with van der Waals surface area (Å²) in [7, 11) is 0. The van der Waals surface area contributed by atoms with Crippen molar-refractivity contribution in [2.45, 2.75) is 20.3 Å². The van der Waals surface area contributed by atoms with Crippen molar-refractivity contribution in [3.8, 4) is 0 Å². The maximum absolute atomic E-state index is 11.3. The summed E-state index contributed by atoms with van der Waals surface area (Å²) in [5.74, 6) is -0.156. The van der Waals surface area contributed by atoms with Gasteiger partial charge in [0.15, 0.2) is 0 Å². The maximum Gasteiger partial charge on any atom is 0.330 e. The van der Waals surface area contributed by atoms with Crippen molar-refractivity contribution in [3.05, 3.63) is 12.2 Å². The van der Waals surface area contributed by atoms with Crippen molar-refractivity contribution in [2.75, 3.05) is 39.3 Å². The minimum absolute atomic E-state index is 0.138. The fourth-order valence-corrected chi connectivity index (χ4v) is 1.96. The van der Waals surface area contributed by atoms with Crippen molar-refractivity contribution in [1.29, 1.82) is 0 Å². The Morgan fingerprint density at radius 1 is 1.22 bits per heavy atom. The molecule has 0 aromatic carbocycles. The Kier molecular flexibility index (Phi) is 6.43. The highest BCUT2D eigenvalue weighted by Gasteiger charge is 2.15. The Bertz CT molecular complexity index is 315. The van der Waals surface area contributed by atoms with E-state index in [0.717, 1.165) is 39.1 Å². The van der Waals surface area contributed by atoms with Crippen molar-refractivity contribution >= 4 is 11.9 Å². The fourth-order valence-electron chi connectivity index (χ4n) is 1.96. The first-order chi connectivity index (χ1) is 8.63. The van der Waals surface area contributed by atoms with Crippen LogP contribution >= 0.6 is 0 Å². The van der Waals surface area contributed by atoms with Crippen LogP contribution in [0.15, 0.2) is 12.2 Å². The molecule has 1 rings (SSSR count). The van der Waals surface area contributed by atoms with E-state index in [9.17, 15) is 9.59 Å². The van der Waals surface area contributed by atoms with Crippen molar-refractivity contribution in [3.63, 3.8) is 0 Å². The average molecular weight is 254 g/mol. The van der Waals surface area contributed by atoms with Crippen LogP contribution in [0.4, 0.5) is 0 Å². The zero-order valence-corrected chi connectivity index (χ0v) is 11.2. The van der Waals surface area contributed by atoms with E-state index < -0.39 is 0 Å². The molecule has 0 unspecified atom stereocenters. The maximum atomic E-state index is 11.3. The number of carbonyl (C=O) groups is 2. The lowest BCUT2D eigenvalue weighted by molar-refractivity contribution is -0.137. The Hall–Kier alpha value is -1.36. The van der Waals surface area contributed by atoms with E-state index in [1.165, 1.54) is 6.08 Å². The van der Waals surface area contributed by atoms with Gasteiger partial charge < -0.3 is 9.64 Å². The molecule has 1 saturated heterocycles. The first-order valence-corrected chi connectivity index (χ1v) is 6.44. The molecule has 18 heavy (non-hydrogen) atoms. The van der Waals surface area contributed by atoms with Crippen LogP contribution in [-0.2, 0) is 14.3 Å². The molecule has 0 bridgehead atoms. The lowest BCUT2D eigenvalue weighted by Crippen LogP contribution is -2.33. The van der Waals surface area contributed by atoms with E-state index in [1.54, 1.807) is 13.8 Å². The van der Waals surface area contributed by atoms with Crippen molar-refractivity contribution < 1.29 is 14.3 Å². The monoisotopic (exact) mass is 254 g/mol. The number of hydrogen-bond donors (Lipinski definition) is 0. The lowest BCUT2D eigenvalue weighted by Gasteiger charge is -2.19. The normalized spacial score (nSPS) is 17.8. The van der Waals surface area contributed by atoms with E-state index in [2.05, 4.69) is 4.90 Å². The van der Waals surface area contributed by atoms with Gasteiger partial charge in [-0.1, -0.05) is 6.08 Å². The molecule has 5 nitrogen and oxygen atoms in total. The lowest BCUT2D eigenvalue weighted by atomic mass is 10.3. The van der Waals surface area contributed by atoms with Crippen LogP contribution in [0.2, 0.25) is 0 Å². The highest BCUT2D eigenvalue weighted by Crippen LogP contribution is 2.03. The number of esters is 1. The molecule has 1 amide bonds. The standard InChI is InChI=1S/C13H22N2O3/c1-3-18-13(17)6-4-7-14-8-5-9-15(11-10-14)12(2)16/h4,6H,3,5,7-11H2,1-2H3/b6-4+. The Morgan fingerprint density at radius 3 is 2.67 bits per heavy atom. The molecule has 0 aromatic rings. The number of ether oxygens (including phenoxy) is 1. The van der Waals surface area contributed by atoms with Crippen LogP contribution in [0, 0.1) is 0 Å². The van der Waals surface area contributed by atoms with Gasteiger partial charge in [-0.2, -0.15) is 0 Å². The van der Waals surface area contributed by atoms with Gasteiger partial charge in [-0.15, -0.1) is 0 Å². The van der Waals surface area contributed by atoms with E-state index in [0.29, 0.717) is 6.61 Å². The third-order valence-corrected chi connectivity index (χ3v) is 2.94. The van der Waals surface area contributed by atoms with Crippen molar-refractivity contribution in [1.82, 2.24) is 9.80 Å². The Balaban J connectivity index is 2.31. The molecule has 0 atom stereocenters. The first-order valence-electron chi connectivity index (χ1n) is 6.44. The summed E-state index contributed by atoms with van der Waals surface area (Å²) in [6.07, 6.45) is 4.27. The number of hydrogen-bond acceptors (Lipinski definition) is 4. The largest absolute Gasteiger partial charge is 0.463 e. The second kappa shape index (κ2) is 7.87. The molecule has 1 fully saturated rings. The number of nitrogens with zero attached hydrogens (tertiary/aromatic N) is 2. The summed E-state index contributed by atoms with van der Waals surface area (Å²) in [6.45, 7) is 7.93. The minimum atomic E-state index is -0.294. The molecule has 1 heterocycles. The molecule has 5 heteroatoms. The van der Waals surface area contributed by atoms with Crippen LogP contribution in [0.5, 0.6) is 0 Å². The molecule has 0 radical (unpaired) electrons. The minimum Gasteiger partial charge on any atom is -0.463 e. The molecule has 0 spiro atoms. The molecule has 102 valence electrons. The van der Waals surface area contributed by atoms with E-state index in [-0.39, 0.29) is 11.9 Å². The van der Waals surface area contributed by atoms with Crippen molar-refractivity contribution in [2.24, 2.45) is 0 Å². The second-order valence-electron chi connectivity index (χ2n) is 4.31.